The summed E-state index contributed by atoms with van der Waals surface area (Å²) in [6.45, 7) is 4.42. The van der Waals surface area contributed by atoms with Crippen LogP contribution in [0, 0.1) is 0 Å². The molecule has 2 rings (SSSR count). The lowest BCUT2D eigenvalue weighted by Crippen LogP contribution is -2.54. The molecule has 3 N–H and O–H groups in total. The minimum absolute atomic E-state index is 0.0289. The van der Waals surface area contributed by atoms with Gasteiger partial charge in [-0.3, -0.25) is 16.3 Å². The van der Waals surface area contributed by atoms with E-state index in [2.05, 4.69) is 55.4 Å². The van der Waals surface area contributed by atoms with Gasteiger partial charge in [-0.25, -0.2) is 0 Å². The maximum atomic E-state index is 5.92. The number of likely N-dealkylation sites (N-methyl/N-ethyl adjacent to an activating group) is 1. The summed E-state index contributed by atoms with van der Waals surface area (Å²) >= 11 is 0. The first-order chi connectivity index (χ1) is 10.1. The van der Waals surface area contributed by atoms with Crippen LogP contribution in [0.3, 0.4) is 0 Å². The van der Waals surface area contributed by atoms with Gasteiger partial charge in [-0.05, 0) is 44.6 Å². The van der Waals surface area contributed by atoms with Gasteiger partial charge in [0.2, 0.25) is 0 Å². The number of hydrogen-bond acceptors (Lipinski definition) is 4. The third kappa shape index (κ3) is 2.79. The average Bonchev–Trinajstić information content (AvgIpc) is 2.52. The lowest BCUT2D eigenvalue weighted by Gasteiger charge is -2.45. The summed E-state index contributed by atoms with van der Waals surface area (Å²) in [5, 5.41) is 1.15. The summed E-state index contributed by atoms with van der Waals surface area (Å²) in [6.07, 6.45) is 3.97. The number of aromatic nitrogens is 1. The van der Waals surface area contributed by atoms with E-state index in [0.717, 1.165) is 29.3 Å². The number of fused-ring (bicyclic) bond motifs is 1. The van der Waals surface area contributed by atoms with Crippen LogP contribution in [-0.4, -0.2) is 29.5 Å². The molecule has 0 aliphatic rings. The predicted molar refractivity (Wildman–Crippen MR) is 88.8 cm³/mol. The third-order valence-corrected chi connectivity index (χ3v) is 4.76. The van der Waals surface area contributed by atoms with Gasteiger partial charge >= 0.3 is 0 Å². The van der Waals surface area contributed by atoms with Crippen LogP contribution in [0.2, 0.25) is 0 Å². The highest BCUT2D eigenvalue weighted by atomic mass is 15.3. The lowest BCUT2D eigenvalue weighted by molar-refractivity contribution is 0.0881. The van der Waals surface area contributed by atoms with Crippen LogP contribution >= 0.6 is 0 Å². The number of nitrogens with two attached hydrogens (primary N) is 1. The number of para-hydroxylation sites is 1. The van der Waals surface area contributed by atoms with Gasteiger partial charge in [0.25, 0.3) is 0 Å². The number of rotatable bonds is 6. The molecule has 1 aromatic carbocycles. The molecule has 4 heteroatoms. The number of nitrogens with one attached hydrogen (secondary N) is 1. The molecule has 1 aromatic heterocycles. The van der Waals surface area contributed by atoms with Crippen LogP contribution in [0.1, 0.15) is 38.3 Å². The fourth-order valence-corrected chi connectivity index (χ4v) is 3.36. The second kappa shape index (κ2) is 6.52. The Hall–Kier alpha value is -1.49. The Morgan fingerprint density at radius 1 is 1.24 bits per heavy atom. The summed E-state index contributed by atoms with van der Waals surface area (Å²) in [6, 6.07) is 10.4. The van der Waals surface area contributed by atoms with E-state index >= 15 is 0 Å². The Morgan fingerprint density at radius 2 is 1.90 bits per heavy atom. The van der Waals surface area contributed by atoms with Crippen LogP contribution in [-0.2, 0) is 0 Å². The molecule has 0 aliphatic heterocycles. The highest BCUT2D eigenvalue weighted by molar-refractivity contribution is 5.78. The molecule has 114 valence electrons. The Bertz CT molecular complexity index is 590. The summed E-state index contributed by atoms with van der Waals surface area (Å²) < 4.78 is 0. The van der Waals surface area contributed by atoms with Crippen molar-refractivity contribution in [3.8, 4) is 0 Å². The van der Waals surface area contributed by atoms with E-state index in [0.29, 0.717) is 0 Å². The Balaban J connectivity index is 2.51. The standard InChI is InChI=1S/C17H26N4/c1-5-17(6-2,21(3)4)16(20-18)14-11-13-9-7-8-10-15(13)19-12-14/h7-12,16,20H,5-6,18H2,1-4H3. The van der Waals surface area contributed by atoms with E-state index in [1.54, 1.807) is 0 Å². The Morgan fingerprint density at radius 3 is 2.48 bits per heavy atom. The summed E-state index contributed by atoms with van der Waals surface area (Å²) in [7, 11) is 4.23. The molecule has 0 spiro atoms. The molecule has 0 amide bonds. The van der Waals surface area contributed by atoms with Gasteiger partial charge in [0.15, 0.2) is 0 Å². The molecule has 0 bridgehead atoms. The molecular formula is C17H26N4. The molecule has 21 heavy (non-hydrogen) atoms. The van der Waals surface area contributed by atoms with E-state index in [1.807, 2.05) is 24.4 Å². The van der Waals surface area contributed by atoms with Crippen LogP contribution in [0.15, 0.2) is 36.5 Å². The van der Waals surface area contributed by atoms with Gasteiger partial charge in [-0.15, -0.1) is 0 Å². The van der Waals surface area contributed by atoms with Crippen LogP contribution in [0.25, 0.3) is 10.9 Å². The molecule has 0 saturated carbocycles. The number of hydrogen-bond donors (Lipinski definition) is 2. The van der Waals surface area contributed by atoms with Crippen molar-refractivity contribution < 1.29 is 0 Å². The van der Waals surface area contributed by atoms with Gasteiger partial charge in [-0.1, -0.05) is 32.0 Å². The fraction of sp³-hybridized carbons (Fsp3) is 0.471. The highest BCUT2D eigenvalue weighted by Crippen LogP contribution is 2.35. The molecule has 1 atom stereocenters. The maximum absolute atomic E-state index is 5.92. The van der Waals surface area contributed by atoms with Crippen molar-refractivity contribution in [2.24, 2.45) is 5.84 Å². The van der Waals surface area contributed by atoms with Crippen LogP contribution < -0.4 is 11.3 Å². The van der Waals surface area contributed by atoms with E-state index in [9.17, 15) is 0 Å². The minimum atomic E-state index is -0.0289. The highest BCUT2D eigenvalue weighted by Gasteiger charge is 2.38. The number of nitrogens with zero attached hydrogens (tertiary/aromatic N) is 2. The first kappa shape index (κ1) is 15.9. The quantitative estimate of drug-likeness (QED) is 0.633. The Kier molecular flexibility index (Phi) is 4.93. The van der Waals surface area contributed by atoms with Gasteiger partial charge in [0.05, 0.1) is 11.6 Å². The largest absolute Gasteiger partial charge is 0.302 e. The van der Waals surface area contributed by atoms with Crippen molar-refractivity contribution in [3.63, 3.8) is 0 Å². The monoisotopic (exact) mass is 286 g/mol. The molecule has 1 unspecified atom stereocenters. The fourth-order valence-electron chi connectivity index (χ4n) is 3.36. The molecule has 0 fully saturated rings. The zero-order chi connectivity index (χ0) is 15.5. The van der Waals surface area contributed by atoms with Crippen molar-refractivity contribution >= 4 is 10.9 Å². The van der Waals surface area contributed by atoms with Crippen LogP contribution in [0.5, 0.6) is 0 Å². The molecule has 4 nitrogen and oxygen atoms in total. The summed E-state index contributed by atoms with van der Waals surface area (Å²) in [5.74, 6) is 5.92. The minimum Gasteiger partial charge on any atom is -0.302 e. The van der Waals surface area contributed by atoms with Crippen LogP contribution in [0.4, 0.5) is 0 Å². The molecule has 0 radical (unpaired) electrons. The van der Waals surface area contributed by atoms with E-state index < -0.39 is 0 Å². The lowest BCUT2D eigenvalue weighted by atomic mass is 9.80. The van der Waals surface area contributed by atoms with Gasteiger partial charge < -0.3 is 4.90 Å². The maximum Gasteiger partial charge on any atom is 0.0702 e. The topological polar surface area (TPSA) is 54.2 Å². The van der Waals surface area contributed by atoms with Gasteiger partial charge in [0.1, 0.15) is 0 Å². The second-order valence-electron chi connectivity index (χ2n) is 5.77. The third-order valence-electron chi connectivity index (χ3n) is 4.76. The Labute approximate surface area is 127 Å². The van der Waals surface area contributed by atoms with Crippen molar-refractivity contribution in [1.82, 2.24) is 15.3 Å². The van der Waals surface area contributed by atoms with Crippen molar-refractivity contribution in [2.75, 3.05) is 14.1 Å². The smallest absolute Gasteiger partial charge is 0.0702 e. The zero-order valence-corrected chi connectivity index (χ0v) is 13.4. The SMILES string of the molecule is CCC(CC)(C(NN)c1cnc2ccccc2c1)N(C)C. The zero-order valence-electron chi connectivity index (χ0n) is 13.4. The predicted octanol–water partition coefficient (Wildman–Crippen LogP) is 2.86. The first-order valence-electron chi connectivity index (χ1n) is 7.57. The summed E-state index contributed by atoms with van der Waals surface area (Å²) in [5.41, 5.74) is 5.14. The number of benzene rings is 1. The molecule has 2 aromatic rings. The van der Waals surface area contributed by atoms with E-state index in [4.69, 9.17) is 5.84 Å². The summed E-state index contributed by atoms with van der Waals surface area (Å²) in [4.78, 5) is 6.85. The number of hydrazine groups is 1. The average molecular weight is 286 g/mol. The van der Waals surface area contributed by atoms with Crippen molar-refractivity contribution in [1.29, 1.82) is 0 Å². The molecule has 0 saturated heterocycles. The molecule has 1 heterocycles. The first-order valence-corrected chi connectivity index (χ1v) is 7.57. The van der Waals surface area contributed by atoms with Crippen molar-refractivity contribution in [3.05, 3.63) is 42.1 Å². The van der Waals surface area contributed by atoms with Gasteiger partial charge in [-0.2, -0.15) is 0 Å². The molecule has 0 aliphatic carbocycles. The number of pyridine rings is 1. The van der Waals surface area contributed by atoms with Crippen molar-refractivity contribution in [2.45, 2.75) is 38.3 Å². The second-order valence-corrected chi connectivity index (χ2v) is 5.77. The molecular weight excluding hydrogens is 260 g/mol. The van der Waals surface area contributed by atoms with E-state index in [1.165, 1.54) is 0 Å². The van der Waals surface area contributed by atoms with E-state index in [-0.39, 0.29) is 11.6 Å². The normalized spacial score (nSPS) is 13.8. The van der Waals surface area contributed by atoms with Gasteiger partial charge in [0, 0.05) is 17.1 Å².